The zero-order valence-corrected chi connectivity index (χ0v) is 7.39. The van der Waals surface area contributed by atoms with Crippen LogP contribution in [0.25, 0.3) is 0 Å². The van der Waals surface area contributed by atoms with E-state index in [2.05, 4.69) is 6.07 Å². The standard InChI is InChI=1S/C9H10N2.H3N/c1-6-3-8(5-10)4-7(2)9(6)11;/h3-4H,11H2,1-2H3;1H3. The molecule has 0 radical (unpaired) electrons. The van der Waals surface area contributed by atoms with Gasteiger partial charge in [-0.25, -0.2) is 0 Å². The van der Waals surface area contributed by atoms with Gasteiger partial charge in [-0.15, -0.1) is 0 Å². The summed E-state index contributed by atoms with van der Waals surface area (Å²) in [6.07, 6.45) is 0. The third kappa shape index (κ3) is 1.74. The van der Waals surface area contributed by atoms with Crippen LogP contribution in [0.4, 0.5) is 5.69 Å². The van der Waals surface area contributed by atoms with Crippen molar-refractivity contribution in [3.8, 4) is 6.07 Å². The van der Waals surface area contributed by atoms with Crippen LogP contribution < -0.4 is 11.9 Å². The zero-order valence-electron chi connectivity index (χ0n) is 7.39. The molecule has 1 rings (SSSR count). The van der Waals surface area contributed by atoms with Crippen molar-refractivity contribution in [2.45, 2.75) is 13.8 Å². The average molecular weight is 163 g/mol. The maximum atomic E-state index is 8.59. The summed E-state index contributed by atoms with van der Waals surface area (Å²) in [6, 6.07) is 5.67. The summed E-state index contributed by atoms with van der Waals surface area (Å²) < 4.78 is 0. The highest BCUT2D eigenvalue weighted by molar-refractivity contribution is 5.56. The minimum absolute atomic E-state index is 0. The van der Waals surface area contributed by atoms with Crippen LogP contribution in [-0.4, -0.2) is 0 Å². The van der Waals surface area contributed by atoms with Gasteiger partial charge in [0.1, 0.15) is 0 Å². The second-order valence-corrected chi connectivity index (χ2v) is 2.64. The van der Waals surface area contributed by atoms with E-state index < -0.39 is 0 Å². The van der Waals surface area contributed by atoms with Crippen molar-refractivity contribution in [3.63, 3.8) is 0 Å². The summed E-state index contributed by atoms with van der Waals surface area (Å²) in [4.78, 5) is 0. The molecule has 1 aromatic carbocycles. The third-order valence-corrected chi connectivity index (χ3v) is 1.72. The van der Waals surface area contributed by atoms with Crippen LogP contribution in [-0.2, 0) is 0 Å². The number of nitrogen functional groups attached to an aromatic ring is 1. The quantitative estimate of drug-likeness (QED) is 0.573. The Bertz CT molecular complexity index is 300. The third-order valence-electron chi connectivity index (χ3n) is 1.72. The molecule has 5 N–H and O–H groups in total. The predicted molar refractivity (Wildman–Crippen MR) is 50.1 cm³/mol. The molecule has 0 bridgehead atoms. The minimum atomic E-state index is 0. The van der Waals surface area contributed by atoms with Gasteiger partial charge in [0.2, 0.25) is 0 Å². The fourth-order valence-electron chi connectivity index (χ4n) is 1.04. The molecule has 0 spiro atoms. The predicted octanol–water partition coefficient (Wildman–Crippen LogP) is 1.92. The van der Waals surface area contributed by atoms with Gasteiger partial charge in [-0.2, -0.15) is 5.26 Å². The topological polar surface area (TPSA) is 84.8 Å². The van der Waals surface area contributed by atoms with Crippen molar-refractivity contribution in [2.75, 3.05) is 5.73 Å². The van der Waals surface area contributed by atoms with Gasteiger partial charge in [0.25, 0.3) is 0 Å². The largest absolute Gasteiger partial charge is 0.398 e. The Labute approximate surface area is 72.4 Å². The SMILES string of the molecule is Cc1cc(C#N)cc(C)c1N.N. The van der Waals surface area contributed by atoms with E-state index in [9.17, 15) is 0 Å². The fraction of sp³-hybridized carbons (Fsp3) is 0.222. The Morgan fingerprint density at radius 2 is 1.67 bits per heavy atom. The van der Waals surface area contributed by atoms with E-state index in [1.807, 2.05) is 13.8 Å². The number of nitriles is 1. The van der Waals surface area contributed by atoms with Gasteiger partial charge in [-0.3, -0.25) is 0 Å². The molecule has 0 unspecified atom stereocenters. The van der Waals surface area contributed by atoms with Gasteiger partial charge >= 0.3 is 0 Å². The van der Waals surface area contributed by atoms with Gasteiger partial charge in [0.15, 0.2) is 0 Å². The Balaban J connectivity index is 0.00000121. The molecule has 0 saturated carbocycles. The molecular weight excluding hydrogens is 150 g/mol. The first-order chi connectivity index (χ1) is 5.15. The number of nitrogens with zero attached hydrogens (tertiary/aromatic N) is 1. The Morgan fingerprint density at radius 1 is 1.25 bits per heavy atom. The van der Waals surface area contributed by atoms with Crippen LogP contribution in [0.1, 0.15) is 16.7 Å². The molecule has 12 heavy (non-hydrogen) atoms. The van der Waals surface area contributed by atoms with Crippen LogP contribution >= 0.6 is 0 Å². The maximum absolute atomic E-state index is 8.59. The summed E-state index contributed by atoms with van der Waals surface area (Å²) in [7, 11) is 0. The highest BCUT2D eigenvalue weighted by atomic mass is 14.6. The lowest BCUT2D eigenvalue weighted by molar-refractivity contribution is 1.36. The highest BCUT2D eigenvalue weighted by Gasteiger charge is 1.99. The summed E-state index contributed by atoms with van der Waals surface area (Å²) in [5.74, 6) is 0. The van der Waals surface area contributed by atoms with Gasteiger partial charge < -0.3 is 11.9 Å². The van der Waals surface area contributed by atoms with Gasteiger partial charge in [0.05, 0.1) is 11.6 Å². The van der Waals surface area contributed by atoms with Crippen molar-refractivity contribution in [1.82, 2.24) is 6.15 Å². The summed E-state index contributed by atoms with van der Waals surface area (Å²) in [6.45, 7) is 3.81. The van der Waals surface area contributed by atoms with E-state index in [0.717, 1.165) is 16.8 Å². The van der Waals surface area contributed by atoms with Crippen LogP contribution in [0.5, 0.6) is 0 Å². The average Bonchev–Trinajstić information content (AvgIpc) is 1.99. The summed E-state index contributed by atoms with van der Waals surface area (Å²) >= 11 is 0. The molecule has 1 aromatic rings. The second kappa shape index (κ2) is 3.74. The normalized spacial score (nSPS) is 8.42. The van der Waals surface area contributed by atoms with Crippen LogP contribution in [0.3, 0.4) is 0 Å². The number of hydrogen-bond donors (Lipinski definition) is 2. The van der Waals surface area contributed by atoms with Crippen LogP contribution in [0, 0.1) is 25.2 Å². The molecule has 0 aliphatic heterocycles. The number of nitrogens with two attached hydrogens (primary N) is 1. The first kappa shape index (κ1) is 10.5. The van der Waals surface area contributed by atoms with Gasteiger partial charge in [-0.1, -0.05) is 0 Å². The van der Waals surface area contributed by atoms with Crippen molar-refractivity contribution >= 4 is 5.69 Å². The Hall–Kier alpha value is -1.53. The molecule has 3 heteroatoms. The molecule has 0 atom stereocenters. The lowest BCUT2D eigenvalue weighted by atomic mass is 10.1. The smallest absolute Gasteiger partial charge is 0.0991 e. The highest BCUT2D eigenvalue weighted by Crippen LogP contribution is 2.17. The minimum Gasteiger partial charge on any atom is -0.398 e. The molecule has 3 nitrogen and oxygen atoms in total. The van der Waals surface area contributed by atoms with Crippen molar-refractivity contribution < 1.29 is 0 Å². The van der Waals surface area contributed by atoms with Crippen molar-refractivity contribution in [2.24, 2.45) is 0 Å². The van der Waals surface area contributed by atoms with E-state index in [1.165, 1.54) is 0 Å². The van der Waals surface area contributed by atoms with Crippen molar-refractivity contribution in [3.05, 3.63) is 28.8 Å². The van der Waals surface area contributed by atoms with Crippen LogP contribution in [0.15, 0.2) is 12.1 Å². The first-order valence-electron chi connectivity index (χ1n) is 3.42. The Morgan fingerprint density at radius 3 is 2.00 bits per heavy atom. The second-order valence-electron chi connectivity index (χ2n) is 2.64. The molecule has 0 aromatic heterocycles. The summed E-state index contributed by atoms with van der Waals surface area (Å²) in [5, 5.41) is 8.59. The molecule has 0 aliphatic carbocycles. The molecule has 0 amide bonds. The Kier molecular flexibility index (Phi) is 3.27. The van der Waals surface area contributed by atoms with E-state index in [-0.39, 0.29) is 6.15 Å². The first-order valence-corrected chi connectivity index (χ1v) is 3.42. The van der Waals surface area contributed by atoms with E-state index in [0.29, 0.717) is 5.56 Å². The number of anilines is 1. The number of aryl methyl sites for hydroxylation is 2. The molecular formula is C9H13N3. The van der Waals surface area contributed by atoms with Crippen molar-refractivity contribution in [1.29, 1.82) is 5.26 Å². The van der Waals surface area contributed by atoms with Crippen LogP contribution in [0.2, 0.25) is 0 Å². The molecule has 0 heterocycles. The van der Waals surface area contributed by atoms with E-state index >= 15 is 0 Å². The molecule has 0 fully saturated rings. The number of hydrogen-bond acceptors (Lipinski definition) is 3. The van der Waals surface area contributed by atoms with Gasteiger partial charge in [0, 0.05) is 5.69 Å². The maximum Gasteiger partial charge on any atom is 0.0991 e. The summed E-state index contributed by atoms with van der Waals surface area (Å²) in [5.41, 5.74) is 9.10. The lowest BCUT2D eigenvalue weighted by Crippen LogP contribution is -1.94. The van der Waals surface area contributed by atoms with E-state index in [4.69, 9.17) is 11.0 Å². The number of benzene rings is 1. The monoisotopic (exact) mass is 163 g/mol. The number of rotatable bonds is 0. The van der Waals surface area contributed by atoms with E-state index in [1.54, 1.807) is 12.1 Å². The lowest BCUT2D eigenvalue weighted by Gasteiger charge is -2.03. The molecule has 64 valence electrons. The zero-order chi connectivity index (χ0) is 8.43. The molecule has 0 aliphatic rings. The van der Waals surface area contributed by atoms with Gasteiger partial charge in [-0.05, 0) is 37.1 Å². The fourth-order valence-corrected chi connectivity index (χ4v) is 1.04. The molecule has 0 saturated heterocycles.